The standard InChI is InChI=1S/C4H10N4/c1-4-2-7(5)3-8(4)6/h2H,3,5-6H2,1H3. The van der Waals surface area contributed by atoms with Crippen LogP contribution in [-0.2, 0) is 0 Å². The van der Waals surface area contributed by atoms with Gasteiger partial charge in [-0.2, -0.15) is 0 Å². The Morgan fingerprint density at radius 2 is 2.25 bits per heavy atom. The maximum atomic E-state index is 5.41. The summed E-state index contributed by atoms with van der Waals surface area (Å²) in [6.45, 7) is 2.50. The van der Waals surface area contributed by atoms with E-state index in [4.69, 9.17) is 11.7 Å². The Morgan fingerprint density at radius 1 is 1.62 bits per heavy atom. The first kappa shape index (κ1) is 5.40. The molecular formula is C4H10N4. The van der Waals surface area contributed by atoms with Crippen molar-refractivity contribution in [2.45, 2.75) is 6.92 Å². The molecule has 0 atom stereocenters. The highest BCUT2D eigenvalue weighted by Gasteiger charge is 2.09. The van der Waals surface area contributed by atoms with Crippen LogP contribution < -0.4 is 11.7 Å². The summed E-state index contributed by atoms with van der Waals surface area (Å²) in [4.78, 5) is 0. The van der Waals surface area contributed by atoms with Gasteiger partial charge in [-0.25, -0.2) is 11.7 Å². The van der Waals surface area contributed by atoms with Crippen LogP contribution in [0.2, 0.25) is 0 Å². The lowest BCUT2D eigenvalue weighted by molar-refractivity contribution is 0.265. The van der Waals surface area contributed by atoms with Gasteiger partial charge in [-0.1, -0.05) is 0 Å². The molecule has 4 heteroatoms. The van der Waals surface area contributed by atoms with E-state index in [9.17, 15) is 0 Å². The number of hydrogen-bond acceptors (Lipinski definition) is 4. The summed E-state index contributed by atoms with van der Waals surface area (Å²) in [5.41, 5.74) is 0.993. The van der Waals surface area contributed by atoms with Crippen molar-refractivity contribution >= 4 is 0 Å². The fourth-order valence-corrected chi connectivity index (χ4v) is 0.642. The molecule has 0 amide bonds. The number of hydrazine groups is 2. The molecule has 1 rings (SSSR count). The number of allylic oxidation sites excluding steroid dienone is 1. The van der Waals surface area contributed by atoms with Crippen molar-refractivity contribution in [2.75, 3.05) is 6.67 Å². The Labute approximate surface area is 48.3 Å². The van der Waals surface area contributed by atoms with Crippen molar-refractivity contribution in [3.8, 4) is 0 Å². The van der Waals surface area contributed by atoms with Crippen LogP contribution in [-0.4, -0.2) is 16.7 Å². The summed E-state index contributed by atoms with van der Waals surface area (Å²) in [5, 5.41) is 3.12. The van der Waals surface area contributed by atoms with Crippen LogP contribution in [0.25, 0.3) is 0 Å². The van der Waals surface area contributed by atoms with Gasteiger partial charge in [0, 0.05) is 11.9 Å². The number of nitrogens with zero attached hydrogens (tertiary/aromatic N) is 2. The van der Waals surface area contributed by atoms with Gasteiger partial charge >= 0.3 is 0 Å². The van der Waals surface area contributed by atoms with Gasteiger partial charge in [0.1, 0.15) is 6.67 Å². The zero-order chi connectivity index (χ0) is 6.15. The third-order valence-corrected chi connectivity index (χ3v) is 1.12. The zero-order valence-electron chi connectivity index (χ0n) is 4.83. The highest BCUT2D eigenvalue weighted by molar-refractivity contribution is 4.98. The van der Waals surface area contributed by atoms with Crippen molar-refractivity contribution in [2.24, 2.45) is 11.7 Å². The molecule has 1 aliphatic rings. The Balaban J connectivity index is 2.59. The van der Waals surface area contributed by atoms with Gasteiger partial charge in [-0.05, 0) is 6.92 Å². The lowest BCUT2D eigenvalue weighted by Gasteiger charge is -2.12. The second-order valence-electron chi connectivity index (χ2n) is 1.90. The molecule has 0 fully saturated rings. The SMILES string of the molecule is CC1=CN(N)CN1N. The normalized spacial score (nSPS) is 19.6. The highest BCUT2D eigenvalue weighted by atomic mass is 15.6. The van der Waals surface area contributed by atoms with Gasteiger partial charge in [-0.15, -0.1) is 0 Å². The molecule has 4 nitrogen and oxygen atoms in total. The van der Waals surface area contributed by atoms with Crippen molar-refractivity contribution in [3.05, 3.63) is 11.9 Å². The summed E-state index contributed by atoms with van der Waals surface area (Å²) in [5.74, 6) is 10.8. The predicted octanol–water partition coefficient (Wildman–Crippen LogP) is -0.830. The van der Waals surface area contributed by atoms with Gasteiger partial charge in [0.2, 0.25) is 0 Å². The molecule has 1 aliphatic heterocycles. The second-order valence-corrected chi connectivity index (χ2v) is 1.90. The molecule has 0 radical (unpaired) electrons. The average Bonchev–Trinajstić information content (AvgIpc) is 1.85. The van der Waals surface area contributed by atoms with E-state index in [1.165, 1.54) is 5.01 Å². The van der Waals surface area contributed by atoms with E-state index in [1.54, 1.807) is 11.2 Å². The number of hydrogen-bond donors (Lipinski definition) is 2. The third-order valence-electron chi connectivity index (χ3n) is 1.12. The van der Waals surface area contributed by atoms with Gasteiger partial charge in [0.15, 0.2) is 0 Å². The fraction of sp³-hybridized carbons (Fsp3) is 0.500. The van der Waals surface area contributed by atoms with E-state index in [1.807, 2.05) is 6.92 Å². The van der Waals surface area contributed by atoms with Gasteiger partial charge in [0.05, 0.1) is 0 Å². The monoisotopic (exact) mass is 114 g/mol. The Bertz CT molecular complexity index is 119. The first-order chi connectivity index (χ1) is 3.70. The molecule has 0 bridgehead atoms. The molecule has 8 heavy (non-hydrogen) atoms. The Hall–Kier alpha value is -0.740. The zero-order valence-corrected chi connectivity index (χ0v) is 4.83. The minimum absolute atomic E-state index is 0.589. The molecule has 0 aromatic carbocycles. The van der Waals surface area contributed by atoms with Gasteiger partial charge in [0.25, 0.3) is 0 Å². The van der Waals surface area contributed by atoms with E-state index < -0.39 is 0 Å². The van der Waals surface area contributed by atoms with Crippen LogP contribution >= 0.6 is 0 Å². The van der Waals surface area contributed by atoms with Crippen LogP contribution in [0.1, 0.15) is 6.92 Å². The van der Waals surface area contributed by atoms with Crippen LogP contribution in [0, 0.1) is 0 Å². The first-order valence-electron chi connectivity index (χ1n) is 2.42. The summed E-state index contributed by atoms with van der Waals surface area (Å²) in [6, 6.07) is 0. The smallest absolute Gasteiger partial charge is 0.118 e. The van der Waals surface area contributed by atoms with E-state index >= 15 is 0 Å². The van der Waals surface area contributed by atoms with Crippen molar-refractivity contribution in [3.63, 3.8) is 0 Å². The molecule has 1 heterocycles. The van der Waals surface area contributed by atoms with Crippen LogP contribution in [0.15, 0.2) is 11.9 Å². The Morgan fingerprint density at radius 3 is 2.38 bits per heavy atom. The lowest BCUT2D eigenvalue weighted by Crippen LogP contribution is -2.34. The van der Waals surface area contributed by atoms with Crippen LogP contribution in [0.3, 0.4) is 0 Å². The molecule has 4 N–H and O–H groups in total. The number of rotatable bonds is 0. The van der Waals surface area contributed by atoms with E-state index in [-0.39, 0.29) is 0 Å². The molecule has 0 unspecified atom stereocenters. The second kappa shape index (κ2) is 1.65. The molecular weight excluding hydrogens is 104 g/mol. The lowest BCUT2D eigenvalue weighted by atomic mass is 10.6. The minimum atomic E-state index is 0.589. The fourth-order valence-electron chi connectivity index (χ4n) is 0.642. The maximum absolute atomic E-state index is 5.41. The molecule has 0 saturated carbocycles. The van der Waals surface area contributed by atoms with Crippen molar-refractivity contribution in [1.82, 2.24) is 10.0 Å². The molecule has 0 saturated heterocycles. The van der Waals surface area contributed by atoms with Crippen LogP contribution in [0.4, 0.5) is 0 Å². The molecule has 0 spiro atoms. The highest BCUT2D eigenvalue weighted by Crippen LogP contribution is 2.04. The first-order valence-corrected chi connectivity index (χ1v) is 2.42. The summed E-state index contributed by atoms with van der Waals surface area (Å²) in [7, 11) is 0. The van der Waals surface area contributed by atoms with E-state index in [0.717, 1.165) is 5.70 Å². The summed E-state index contributed by atoms with van der Waals surface area (Å²) in [6.07, 6.45) is 1.79. The average molecular weight is 114 g/mol. The van der Waals surface area contributed by atoms with E-state index in [0.29, 0.717) is 6.67 Å². The summed E-state index contributed by atoms with van der Waals surface area (Å²) >= 11 is 0. The Kier molecular flexibility index (Phi) is 1.11. The van der Waals surface area contributed by atoms with Gasteiger partial charge in [-0.3, -0.25) is 10.0 Å². The summed E-state index contributed by atoms with van der Waals surface area (Å²) < 4.78 is 0. The topological polar surface area (TPSA) is 58.5 Å². The van der Waals surface area contributed by atoms with Crippen molar-refractivity contribution in [1.29, 1.82) is 0 Å². The molecule has 46 valence electrons. The predicted molar refractivity (Wildman–Crippen MR) is 30.7 cm³/mol. The molecule has 0 aromatic heterocycles. The van der Waals surface area contributed by atoms with Crippen LogP contribution in [0.5, 0.6) is 0 Å². The third kappa shape index (κ3) is 0.753. The largest absolute Gasteiger partial charge is 0.296 e. The quantitative estimate of drug-likeness (QED) is 0.403. The van der Waals surface area contributed by atoms with E-state index in [2.05, 4.69) is 0 Å². The van der Waals surface area contributed by atoms with Gasteiger partial charge < -0.3 is 0 Å². The minimum Gasteiger partial charge on any atom is -0.296 e. The molecule has 0 aromatic rings. The maximum Gasteiger partial charge on any atom is 0.118 e. The number of nitrogens with two attached hydrogens (primary N) is 2. The van der Waals surface area contributed by atoms with Crippen molar-refractivity contribution < 1.29 is 0 Å². The molecule has 0 aliphatic carbocycles.